The highest BCUT2D eigenvalue weighted by Crippen LogP contribution is 2.21. The molecule has 0 aliphatic carbocycles. The summed E-state index contributed by atoms with van der Waals surface area (Å²) >= 11 is 0. The predicted molar refractivity (Wildman–Crippen MR) is 101 cm³/mol. The zero-order valence-electron chi connectivity index (χ0n) is 14.4. The summed E-state index contributed by atoms with van der Waals surface area (Å²) in [5, 5.41) is 2.90. The Morgan fingerprint density at radius 2 is 1.69 bits per heavy atom. The van der Waals surface area contributed by atoms with Gasteiger partial charge in [0, 0.05) is 26.0 Å². The van der Waals surface area contributed by atoms with Gasteiger partial charge in [0.2, 0.25) is 0 Å². The zero-order valence-corrected chi connectivity index (χ0v) is 14.4. The van der Waals surface area contributed by atoms with Crippen molar-refractivity contribution in [2.45, 2.75) is 6.54 Å². The normalized spacial score (nSPS) is 10.2. The number of rotatable bonds is 5. The second-order valence-electron chi connectivity index (χ2n) is 5.79. The predicted octanol–water partition coefficient (Wildman–Crippen LogP) is 3.29. The minimum absolute atomic E-state index is 0.221. The Morgan fingerprint density at radius 1 is 0.962 bits per heavy atom. The molecule has 0 saturated carbocycles. The number of anilines is 1. The first kappa shape index (κ1) is 17.4. The van der Waals surface area contributed by atoms with Crippen LogP contribution in [0.5, 0.6) is 0 Å². The second kappa shape index (κ2) is 8.07. The standard InChI is InChI=1S/C21H19N3O2/c1-24(21(26)17-10-7-13-22-15-17)19-12-6-5-11-18(19)20(25)23-14-16-8-3-2-4-9-16/h2-13,15H,14H2,1H3,(H,23,25). The smallest absolute Gasteiger partial charge is 0.259 e. The number of aromatic nitrogens is 1. The van der Waals surface area contributed by atoms with Crippen LogP contribution < -0.4 is 10.2 Å². The molecular formula is C21H19N3O2. The Hall–Kier alpha value is -3.47. The molecule has 0 fully saturated rings. The molecule has 3 aromatic rings. The van der Waals surface area contributed by atoms with Crippen molar-refractivity contribution in [2.24, 2.45) is 0 Å². The van der Waals surface area contributed by atoms with E-state index < -0.39 is 0 Å². The highest BCUT2D eigenvalue weighted by Gasteiger charge is 2.19. The molecular weight excluding hydrogens is 326 g/mol. The zero-order chi connectivity index (χ0) is 18.4. The third-order valence-electron chi connectivity index (χ3n) is 4.02. The third-order valence-corrected chi connectivity index (χ3v) is 4.02. The summed E-state index contributed by atoms with van der Waals surface area (Å²) in [7, 11) is 1.65. The van der Waals surface area contributed by atoms with Crippen LogP contribution in [0.1, 0.15) is 26.3 Å². The number of carbonyl (C=O) groups is 2. The number of hydrogen-bond acceptors (Lipinski definition) is 3. The molecule has 130 valence electrons. The van der Waals surface area contributed by atoms with Crippen LogP contribution in [0.3, 0.4) is 0 Å². The van der Waals surface area contributed by atoms with Crippen molar-refractivity contribution in [3.05, 3.63) is 95.8 Å². The summed E-state index contributed by atoms with van der Waals surface area (Å²) in [4.78, 5) is 30.7. The van der Waals surface area contributed by atoms with Crippen LogP contribution >= 0.6 is 0 Å². The Labute approximate surface area is 152 Å². The average Bonchev–Trinajstić information content (AvgIpc) is 2.72. The fraction of sp³-hybridized carbons (Fsp3) is 0.0952. The van der Waals surface area contributed by atoms with Crippen LogP contribution in [0.2, 0.25) is 0 Å². The molecule has 2 amide bonds. The largest absolute Gasteiger partial charge is 0.348 e. The monoisotopic (exact) mass is 345 g/mol. The maximum Gasteiger partial charge on any atom is 0.259 e. The van der Waals surface area contributed by atoms with Crippen molar-refractivity contribution in [1.82, 2.24) is 10.3 Å². The molecule has 1 heterocycles. The molecule has 0 atom stereocenters. The lowest BCUT2D eigenvalue weighted by atomic mass is 10.1. The van der Waals surface area contributed by atoms with Crippen molar-refractivity contribution < 1.29 is 9.59 Å². The lowest BCUT2D eigenvalue weighted by Crippen LogP contribution is -2.30. The van der Waals surface area contributed by atoms with Gasteiger partial charge >= 0.3 is 0 Å². The number of hydrogen-bond donors (Lipinski definition) is 1. The number of pyridine rings is 1. The van der Waals surface area contributed by atoms with E-state index in [4.69, 9.17) is 0 Å². The van der Waals surface area contributed by atoms with Gasteiger partial charge in [-0.15, -0.1) is 0 Å². The SMILES string of the molecule is CN(C(=O)c1cccnc1)c1ccccc1C(=O)NCc1ccccc1. The maximum absolute atomic E-state index is 12.7. The molecule has 5 heteroatoms. The van der Waals surface area contributed by atoms with Gasteiger partial charge < -0.3 is 10.2 Å². The van der Waals surface area contributed by atoms with Crippen LogP contribution in [-0.4, -0.2) is 23.8 Å². The van der Waals surface area contributed by atoms with Gasteiger partial charge in [-0.2, -0.15) is 0 Å². The van der Waals surface area contributed by atoms with Crippen molar-refractivity contribution in [3.63, 3.8) is 0 Å². The number of nitrogens with one attached hydrogen (secondary N) is 1. The van der Waals surface area contributed by atoms with E-state index in [2.05, 4.69) is 10.3 Å². The van der Waals surface area contributed by atoms with Gasteiger partial charge in [-0.25, -0.2) is 0 Å². The Balaban J connectivity index is 1.79. The maximum atomic E-state index is 12.7. The van der Waals surface area contributed by atoms with Crippen LogP contribution in [-0.2, 0) is 6.54 Å². The van der Waals surface area contributed by atoms with Crippen molar-refractivity contribution >= 4 is 17.5 Å². The van der Waals surface area contributed by atoms with Gasteiger partial charge in [0.15, 0.2) is 0 Å². The van der Waals surface area contributed by atoms with E-state index in [-0.39, 0.29) is 11.8 Å². The highest BCUT2D eigenvalue weighted by atomic mass is 16.2. The highest BCUT2D eigenvalue weighted by molar-refractivity contribution is 6.10. The van der Waals surface area contributed by atoms with Crippen LogP contribution in [0.15, 0.2) is 79.1 Å². The van der Waals surface area contributed by atoms with E-state index in [0.717, 1.165) is 5.56 Å². The number of carbonyl (C=O) groups excluding carboxylic acids is 2. The number of nitrogens with zero attached hydrogens (tertiary/aromatic N) is 2. The molecule has 5 nitrogen and oxygen atoms in total. The lowest BCUT2D eigenvalue weighted by Gasteiger charge is -2.20. The van der Waals surface area contributed by atoms with Gasteiger partial charge in [0.25, 0.3) is 11.8 Å². The molecule has 0 unspecified atom stereocenters. The second-order valence-corrected chi connectivity index (χ2v) is 5.79. The van der Waals surface area contributed by atoms with Gasteiger partial charge in [0.1, 0.15) is 0 Å². The molecule has 0 spiro atoms. The topological polar surface area (TPSA) is 62.3 Å². The molecule has 0 bridgehead atoms. The fourth-order valence-corrected chi connectivity index (χ4v) is 2.62. The van der Waals surface area contributed by atoms with Crippen molar-refractivity contribution in [2.75, 3.05) is 11.9 Å². The minimum atomic E-state index is -0.227. The fourth-order valence-electron chi connectivity index (χ4n) is 2.62. The Kier molecular flexibility index (Phi) is 5.39. The van der Waals surface area contributed by atoms with Gasteiger partial charge in [-0.05, 0) is 29.8 Å². The summed E-state index contributed by atoms with van der Waals surface area (Å²) in [5.74, 6) is -0.448. The molecule has 0 radical (unpaired) electrons. The van der Waals surface area contributed by atoms with E-state index in [0.29, 0.717) is 23.4 Å². The Morgan fingerprint density at radius 3 is 2.42 bits per heavy atom. The molecule has 3 rings (SSSR count). The van der Waals surface area contributed by atoms with Crippen LogP contribution in [0.25, 0.3) is 0 Å². The summed E-state index contributed by atoms with van der Waals surface area (Å²) in [6.07, 6.45) is 3.12. The van der Waals surface area contributed by atoms with Crippen LogP contribution in [0.4, 0.5) is 5.69 Å². The summed E-state index contributed by atoms with van der Waals surface area (Å²) in [6, 6.07) is 20.1. The molecule has 1 aromatic heterocycles. The average molecular weight is 345 g/mol. The first-order valence-electron chi connectivity index (χ1n) is 8.26. The van der Waals surface area contributed by atoms with Gasteiger partial charge in [0.05, 0.1) is 16.8 Å². The molecule has 26 heavy (non-hydrogen) atoms. The van der Waals surface area contributed by atoms with Gasteiger partial charge in [-0.1, -0.05) is 42.5 Å². The summed E-state index contributed by atoms with van der Waals surface area (Å²) in [6.45, 7) is 0.425. The first-order chi connectivity index (χ1) is 12.7. The van der Waals surface area contributed by atoms with Crippen molar-refractivity contribution in [3.8, 4) is 0 Å². The molecule has 1 N–H and O–H groups in total. The quantitative estimate of drug-likeness (QED) is 0.772. The summed E-state index contributed by atoms with van der Waals surface area (Å²) in [5.41, 5.74) is 2.47. The molecule has 0 aliphatic heterocycles. The number of benzene rings is 2. The van der Waals surface area contributed by atoms with E-state index in [9.17, 15) is 9.59 Å². The number of amides is 2. The summed E-state index contributed by atoms with van der Waals surface area (Å²) < 4.78 is 0. The first-order valence-corrected chi connectivity index (χ1v) is 8.26. The number of para-hydroxylation sites is 1. The minimum Gasteiger partial charge on any atom is -0.348 e. The lowest BCUT2D eigenvalue weighted by molar-refractivity contribution is 0.0951. The van der Waals surface area contributed by atoms with E-state index >= 15 is 0 Å². The van der Waals surface area contributed by atoms with Crippen molar-refractivity contribution in [1.29, 1.82) is 0 Å². The molecule has 2 aromatic carbocycles. The van der Waals surface area contributed by atoms with Crippen LogP contribution in [0, 0.1) is 0 Å². The Bertz CT molecular complexity index is 895. The van der Waals surface area contributed by atoms with Gasteiger partial charge in [-0.3, -0.25) is 14.6 Å². The van der Waals surface area contributed by atoms with E-state index in [1.165, 1.54) is 11.1 Å². The molecule has 0 aliphatic rings. The van der Waals surface area contributed by atoms with E-state index in [1.54, 1.807) is 49.6 Å². The molecule has 0 saturated heterocycles. The third kappa shape index (κ3) is 3.95. The van der Waals surface area contributed by atoms with E-state index in [1.807, 2.05) is 30.3 Å².